The molecule has 0 bridgehead atoms. The van der Waals surface area contributed by atoms with Crippen molar-refractivity contribution in [2.45, 2.75) is 31.3 Å². The van der Waals surface area contributed by atoms with Crippen molar-refractivity contribution in [1.29, 1.82) is 0 Å². The van der Waals surface area contributed by atoms with Crippen LogP contribution < -0.4 is 5.32 Å². The highest BCUT2D eigenvalue weighted by Crippen LogP contribution is 2.32. The Bertz CT molecular complexity index is 432. The van der Waals surface area contributed by atoms with Gasteiger partial charge < -0.3 is 15.5 Å². The summed E-state index contributed by atoms with van der Waals surface area (Å²) in [5.74, 6) is -4.77. The van der Waals surface area contributed by atoms with Crippen LogP contribution >= 0.6 is 0 Å². The first-order valence-electron chi connectivity index (χ1n) is 5.47. The van der Waals surface area contributed by atoms with Gasteiger partial charge in [-0.05, 0) is 12.0 Å². The fourth-order valence-electron chi connectivity index (χ4n) is 1.59. The van der Waals surface area contributed by atoms with Crippen LogP contribution in [0.15, 0.2) is 30.3 Å². The van der Waals surface area contributed by atoms with Crippen LogP contribution in [-0.4, -0.2) is 34.1 Å². The van der Waals surface area contributed by atoms with E-state index in [0.717, 1.165) is 6.92 Å². The molecule has 0 aliphatic heterocycles. The second-order valence-corrected chi connectivity index (χ2v) is 4.17. The number of nitrogens with one attached hydrogen (secondary N) is 1. The molecule has 1 aromatic carbocycles. The fourth-order valence-corrected chi connectivity index (χ4v) is 1.59. The van der Waals surface area contributed by atoms with Gasteiger partial charge in [0, 0.05) is 6.92 Å². The van der Waals surface area contributed by atoms with E-state index in [4.69, 9.17) is 0 Å². The molecule has 0 radical (unpaired) electrons. The first-order valence-corrected chi connectivity index (χ1v) is 5.47. The Kier molecular flexibility index (Phi) is 4.54. The van der Waals surface area contributed by atoms with E-state index >= 15 is 0 Å². The van der Waals surface area contributed by atoms with Gasteiger partial charge in [0.25, 0.3) is 5.79 Å². The number of hydrogen-bond donors (Lipinski definition) is 3. The molecule has 0 aliphatic carbocycles. The molecular weight excluding hydrogens is 263 g/mol. The molecule has 1 atom stereocenters. The van der Waals surface area contributed by atoms with Gasteiger partial charge in [0.1, 0.15) is 0 Å². The van der Waals surface area contributed by atoms with Crippen molar-refractivity contribution in [3.8, 4) is 0 Å². The first-order chi connectivity index (χ1) is 8.64. The van der Waals surface area contributed by atoms with Crippen molar-refractivity contribution in [3.63, 3.8) is 0 Å². The molecule has 0 fully saturated rings. The fraction of sp³-hybridized carbons (Fsp3) is 0.417. The highest BCUT2D eigenvalue weighted by atomic mass is 19.4. The summed E-state index contributed by atoms with van der Waals surface area (Å²) >= 11 is 0. The summed E-state index contributed by atoms with van der Waals surface area (Å²) in [6, 6.07) is 6.05. The molecule has 1 rings (SSSR count). The Morgan fingerprint density at radius 3 is 2.21 bits per heavy atom. The van der Waals surface area contributed by atoms with Gasteiger partial charge in [-0.25, -0.2) is 0 Å². The molecule has 19 heavy (non-hydrogen) atoms. The van der Waals surface area contributed by atoms with Gasteiger partial charge in [0.05, 0.1) is 6.04 Å². The monoisotopic (exact) mass is 277 g/mol. The number of rotatable bonds is 4. The van der Waals surface area contributed by atoms with Crippen molar-refractivity contribution in [3.05, 3.63) is 35.9 Å². The van der Waals surface area contributed by atoms with Gasteiger partial charge in [0.15, 0.2) is 0 Å². The van der Waals surface area contributed by atoms with Crippen LogP contribution in [0.3, 0.4) is 0 Å². The van der Waals surface area contributed by atoms with Crippen molar-refractivity contribution in [2.24, 2.45) is 0 Å². The molecular formula is C12H14F3NO3. The van der Waals surface area contributed by atoms with E-state index < -0.39 is 23.9 Å². The van der Waals surface area contributed by atoms with E-state index in [2.05, 4.69) is 0 Å². The van der Waals surface area contributed by atoms with Crippen LogP contribution in [0.1, 0.15) is 12.5 Å². The zero-order valence-electron chi connectivity index (χ0n) is 10.1. The molecule has 106 valence electrons. The van der Waals surface area contributed by atoms with Crippen LogP contribution in [0.25, 0.3) is 0 Å². The van der Waals surface area contributed by atoms with Crippen molar-refractivity contribution < 1.29 is 28.2 Å². The van der Waals surface area contributed by atoms with E-state index in [9.17, 15) is 28.2 Å². The molecule has 0 heterocycles. The van der Waals surface area contributed by atoms with Crippen molar-refractivity contribution in [2.75, 3.05) is 0 Å². The summed E-state index contributed by atoms with van der Waals surface area (Å²) in [7, 11) is 0. The van der Waals surface area contributed by atoms with E-state index in [1.54, 1.807) is 18.2 Å². The van der Waals surface area contributed by atoms with E-state index in [-0.39, 0.29) is 6.42 Å². The highest BCUT2D eigenvalue weighted by Gasteiger charge is 2.58. The smallest absolute Gasteiger partial charge is 0.357 e. The third kappa shape index (κ3) is 3.93. The minimum absolute atomic E-state index is 0.354. The molecule has 4 nitrogen and oxygen atoms in total. The number of amides is 1. The summed E-state index contributed by atoms with van der Waals surface area (Å²) in [6.45, 7) is 1.00. The topological polar surface area (TPSA) is 69.6 Å². The van der Waals surface area contributed by atoms with Crippen LogP contribution in [0.4, 0.5) is 13.2 Å². The number of benzene rings is 1. The number of aliphatic hydroxyl groups is 2. The van der Waals surface area contributed by atoms with E-state index in [0.29, 0.717) is 5.56 Å². The maximum absolute atomic E-state index is 12.6. The summed E-state index contributed by atoms with van der Waals surface area (Å²) in [6.07, 6.45) is -5.62. The lowest BCUT2D eigenvalue weighted by Crippen LogP contribution is -2.61. The minimum Gasteiger partial charge on any atom is -0.357 e. The number of carbonyl (C=O) groups excluding carboxylic acids is 1. The molecule has 0 aliphatic rings. The number of halogens is 3. The second kappa shape index (κ2) is 5.58. The zero-order chi connectivity index (χ0) is 14.7. The lowest BCUT2D eigenvalue weighted by molar-refractivity contribution is -0.358. The maximum Gasteiger partial charge on any atom is 0.445 e. The van der Waals surface area contributed by atoms with Gasteiger partial charge in [-0.1, -0.05) is 30.3 Å². The van der Waals surface area contributed by atoms with E-state index in [1.165, 1.54) is 12.1 Å². The molecule has 0 spiro atoms. The zero-order valence-corrected chi connectivity index (χ0v) is 10.1. The van der Waals surface area contributed by atoms with Crippen LogP contribution in [-0.2, 0) is 11.2 Å². The van der Waals surface area contributed by atoms with Crippen LogP contribution in [0.5, 0.6) is 0 Å². The predicted octanol–water partition coefficient (Wildman–Crippen LogP) is 0.977. The van der Waals surface area contributed by atoms with Crippen LogP contribution in [0.2, 0.25) is 0 Å². The lowest BCUT2D eigenvalue weighted by Gasteiger charge is -2.33. The SMILES string of the molecule is CC(=O)N[C@@H](Cc1ccccc1)C(O)(O)C(F)(F)F. The Balaban J connectivity index is 2.99. The van der Waals surface area contributed by atoms with Gasteiger partial charge in [0.2, 0.25) is 5.91 Å². The Labute approximate surface area is 107 Å². The molecule has 1 amide bonds. The summed E-state index contributed by atoms with van der Waals surface area (Å²) in [5.41, 5.74) is 0.443. The average Bonchev–Trinajstić information content (AvgIpc) is 2.27. The van der Waals surface area contributed by atoms with Gasteiger partial charge in [-0.15, -0.1) is 0 Å². The molecule has 1 aromatic rings. The van der Waals surface area contributed by atoms with Crippen molar-refractivity contribution >= 4 is 5.91 Å². The number of hydrogen-bond acceptors (Lipinski definition) is 3. The first kappa shape index (κ1) is 15.5. The third-order valence-electron chi connectivity index (χ3n) is 2.56. The molecule has 0 saturated carbocycles. The molecule has 3 N–H and O–H groups in total. The molecule has 0 unspecified atom stereocenters. The third-order valence-corrected chi connectivity index (χ3v) is 2.56. The van der Waals surface area contributed by atoms with Gasteiger partial charge >= 0.3 is 6.18 Å². The lowest BCUT2D eigenvalue weighted by atomic mass is 9.98. The normalized spacial score (nSPS) is 14.0. The quantitative estimate of drug-likeness (QED) is 0.718. The standard InChI is InChI=1S/C12H14F3NO3/c1-8(17)16-10(11(18,19)12(13,14)15)7-9-5-3-2-4-6-9/h2-6,10,18-19H,7H2,1H3,(H,16,17)/t10-/m0/s1. The second-order valence-electron chi connectivity index (χ2n) is 4.17. The summed E-state index contributed by atoms with van der Waals surface area (Å²) in [5, 5.41) is 20.4. The largest absolute Gasteiger partial charge is 0.445 e. The van der Waals surface area contributed by atoms with Gasteiger partial charge in [-0.2, -0.15) is 13.2 Å². The summed E-state index contributed by atoms with van der Waals surface area (Å²) in [4.78, 5) is 10.9. The predicted molar refractivity (Wildman–Crippen MR) is 61.0 cm³/mol. The summed E-state index contributed by atoms with van der Waals surface area (Å²) < 4.78 is 37.8. The minimum atomic E-state index is -5.27. The molecule has 7 heteroatoms. The maximum atomic E-state index is 12.6. The Morgan fingerprint density at radius 2 is 1.79 bits per heavy atom. The van der Waals surface area contributed by atoms with E-state index in [1.807, 2.05) is 5.32 Å². The number of alkyl halides is 3. The Hall–Kier alpha value is -1.60. The Morgan fingerprint density at radius 1 is 1.26 bits per heavy atom. The molecule has 0 saturated heterocycles. The average molecular weight is 277 g/mol. The molecule has 0 aromatic heterocycles. The van der Waals surface area contributed by atoms with Gasteiger partial charge in [-0.3, -0.25) is 4.79 Å². The van der Waals surface area contributed by atoms with Crippen molar-refractivity contribution in [1.82, 2.24) is 5.32 Å². The highest BCUT2D eigenvalue weighted by molar-refractivity contribution is 5.73. The number of carbonyl (C=O) groups is 1. The van der Waals surface area contributed by atoms with Crippen LogP contribution in [0, 0.1) is 0 Å².